The molecule has 0 aliphatic carbocycles. The summed E-state index contributed by atoms with van der Waals surface area (Å²) in [6.07, 6.45) is 0.964. The highest BCUT2D eigenvalue weighted by molar-refractivity contribution is 9.10. The first-order chi connectivity index (χ1) is 11.7. The Kier molecular flexibility index (Phi) is 7.40. The lowest BCUT2D eigenvalue weighted by Gasteiger charge is -2.14. The van der Waals surface area contributed by atoms with E-state index in [0.29, 0.717) is 6.61 Å². The van der Waals surface area contributed by atoms with Gasteiger partial charge >= 0.3 is 0 Å². The van der Waals surface area contributed by atoms with Crippen molar-refractivity contribution in [1.82, 2.24) is 5.32 Å². The summed E-state index contributed by atoms with van der Waals surface area (Å²) in [5.74, 6) is 2.40. The fourth-order valence-electron chi connectivity index (χ4n) is 2.28. The summed E-state index contributed by atoms with van der Waals surface area (Å²) in [6, 6.07) is 12.0. The van der Waals surface area contributed by atoms with Crippen LogP contribution in [0.4, 0.5) is 0 Å². The monoisotopic (exact) mass is 393 g/mol. The zero-order valence-electron chi connectivity index (χ0n) is 14.4. The summed E-state index contributed by atoms with van der Waals surface area (Å²) in [5, 5.41) is 3.44. The van der Waals surface area contributed by atoms with Gasteiger partial charge in [0.15, 0.2) is 11.5 Å². The molecule has 0 unspecified atom stereocenters. The summed E-state index contributed by atoms with van der Waals surface area (Å²) in [6.45, 7) is 4.28. The molecule has 0 heterocycles. The zero-order chi connectivity index (χ0) is 17.4. The van der Waals surface area contributed by atoms with E-state index >= 15 is 0 Å². The van der Waals surface area contributed by atoms with Crippen LogP contribution < -0.4 is 19.5 Å². The molecule has 0 atom stereocenters. The largest absolute Gasteiger partial charge is 0.497 e. The number of nitrogens with one attached hydrogen (secondary N) is 1. The number of hydrogen-bond acceptors (Lipinski definition) is 4. The van der Waals surface area contributed by atoms with Crippen molar-refractivity contribution in [2.45, 2.75) is 26.4 Å². The Bertz CT molecular complexity index is 644. The summed E-state index contributed by atoms with van der Waals surface area (Å²) < 4.78 is 17.3. The van der Waals surface area contributed by atoms with Gasteiger partial charge in [0.1, 0.15) is 5.75 Å². The Morgan fingerprint density at radius 3 is 2.33 bits per heavy atom. The van der Waals surface area contributed by atoms with Crippen LogP contribution in [0, 0.1) is 0 Å². The van der Waals surface area contributed by atoms with Crippen molar-refractivity contribution in [3.05, 3.63) is 52.0 Å². The molecule has 0 radical (unpaired) electrons. The Hall–Kier alpha value is -1.72. The van der Waals surface area contributed by atoms with Crippen LogP contribution in [-0.4, -0.2) is 20.8 Å². The molecule has 0 saturated heterocycles. The zero-order valence-corrected chi connectivity index (χ0v) is 16.0. The Balaban J connectivity index is 1.98. The smallest absolute Gasteiger partial charge is 0.162 e. The van der Waals surface area contributed by atoms with E-state index < -0.39 is 0 Å². The highest BCUT2D eigenvalue weighted by Crippen LogP contribution is 2.33. The highest BCUT2D eigenvalue weighted by atomic mass is 79.9. The van der Waals surface area contributed by atoms with Crippen molar-refractivity contribution in [2.24, 2.45) is 0 Å². The predicted molar refractivity (Wildman–Crippen MR) is 100 cm³/mol. The van der Waals surface area contributed by atoms with E-state index in [2.05, 4.69) is 40.3 Å². The number of rotatable bonds is 9. The third-order valence-corrected chi connectivity index (χ3v) is 4.34. The van der Waals surface area contributed by atoms with E-state index in [1.807, 2.05) is 24.3 Å². The van der Waals surface area contributed by atoms with Crippen LogP contribution in [-0.2, 0) is 13.1 Å². The molecule has 0 aliphatic heterocycles. The van der Waals surface area contributed by atoms with Crippen LogP contribution >= 0.6 is 15.9 Å². The number of benzene rings is 2. The van der Waals surface area contributed by atoms with Gasteiger partial charge in [-0.05, 0) is 41.8 Å². The van der Waals surface area contributed by atoms with Gasteiger partial charge in [0.05, 0.1) is 20.8 Å². The lowest BCUT2D eigenvalue weighted by atomic mass is 10.1. The molecule has 0 aliphatic rings. The maximum absolute atomic E-state index is 5.72. The highest BCUT2D eigenvalue weighted by Gasteiger charge is 2.10. The maximum Gasteiger partial charge on any atom is 0.162 e. The van der Waals surface area contributed by atoms with Crippen LogP contribution in [0.25, 0.3) is 0 Å². The number of methoxy groups -OCH3 is 2. The number of ether oxygens (including phenoxy) is 3. The SMILES string of the molecule is CCCOc1cc(Br)c(CNCc2ccc(OC)cc2)cc1OC. The fraction of sp³-hybridized carbons (Fsp3) is 0.368. The second kappa shape index (κ2) is 9.55. The fourth-order valence-corrected chi connectivity index (χ4v) is 2.74. The average Bonchev–Trinajstić information content (AvgIpc) is 2.62. The van der Waals surface area contributed by atoms with Crippen molar-refractivity contribution >= 4 is 15.9 Å². The van der Waals surface area contributed by atoms with E-state index in [1.165, 1.54) is 5.56 Å². The van der Waals surface area contributed by atoms with Gasteiger partial charge in [-0.2, -0.15) is 0 Å². The van der Waals surface area contributed by atoms with Gasteiger partial charge in [-0.15, -0.1) is 0 Å². The molecule has 5 heteroatoms. The molecule has 2 aromatic carbocycles. The van der Waals surface area contributed by atoms with E-state index in [0.717, 1.165) is 46.8 Å². The minimum absolute atomic E-state index is 0.678. The van der Waals surface area contributed by atoms with Crippen LogP contribution in [0.5, 0.6) is 17.2 Å². The van der Waals surface area contributed by atoms with Crippen LogP contribution in [0.2, 0.25) is 0 Å². The van der Waals surface area contributed by atoms with E-state index in [9.17, 15) is 0 Å². The third-order valence-electron chi connectivity index (χ3n) is 3.60. The molecule has 0 aromatic heterocycles. The van der Waals surface area contributed by atoms with Crippen LogP contribution in [0.15, 0.2) is 40.9 Å². The van der Waals surface area contributed by atoms with Crippen molar-refractivity contribution in [2.75, 3.05) is 20.8 Å². The molecule has 130 valence electrons. The van der Waals surface area contributed by atoms with Crippen molar-refractivity contribution < 1.29 is 14.2 Å². The standard InChI is InChI=1S/C19H24BrNO3/c1-4-9-24-19-11-17(20)15(10-18(19)23-3)13-21-12-14-5-7-16(22-2)8-6-14/h5-8,10-11,21H,4,9,12-13H2,1-3H3. The molecule has 0 amide bonds. The first kappa shape index (κ1) is 18.6. The van der Waals surface area contributed by atoms with Crippen molar-refractivity contribution in [1.29, 1.82) is 0 Å². The quantitative estimate of drug-likeness (QED) is 0.678. The second-order valence-electron chi connectivity index (χ2n) is 5.39. The lowest BCUT2D eigenvalue weighted by Crippen LogP contribution is -2.13. The van der Waals surface area contributed by atoms with Gasteiger partial charge in [0.25, 0.3) is 0 Å². The van der Waals surface area contributed by atoms with Gasteiger partial charge in [-0.1, -0.05) is 35.0 Å². The van der Waals surface area contributed by atoms with E-state index in [1.54, 1.807) is 14.2 Å². The summed E-state index contributed by atoms with van der Waals surface area (Å²) in [7, 11) is 3.34. The molecule has 2 rings (SSSR count). The molecule has 0 bridgehead atoms. The maximum atomic E-state index is 5.72. The van der Waals surface area contributed by atoms with Crippen LogP contribution in [0.1, 0.15) is 24.5 Å². The Morgan fingerprint density at radius 2 is 1.71 bits per heavy atom. The Morgan fingerprint density at radius 1 is 0.958 bits per heavy atom. The van der Waals surface area contributed by atoms with Gasteiger partial charge in [-0.3, -0.25) is 0 Å². The molecule has 0 saturated carbocycles. The van der Waals surface area contributed by atoms with E-state index in [-0.39, 0.29) is 0 Å². The molecule has 0 fully saturated rings. The molecule has 1 N–H and O–H groups in total. The Labute approximate surface area is 152 Å². The van der Waals surface area contributed by atoms with Gasteiger partial charge in [0.2, 0.25) is 0 Å². The number of halogens is 1. The molecule has 0 spiro atoms. The molecular weight excluding hydrogens is 370 g/mol. The summed E-state index contributed by atoms with van der Waals surface area (Å²) >= 11 is 3.62. The van der Waals surface area contributed by atoms with Crippen LogP contribution in [0.3, 0.4) is 0 Å². The van der Waals surface area contributed by atoms with E-state index in [4.69, 9.17) is 14.2 Å². The minimum atomic E-state index is 0.678. The topological polar surface area (TPSA) is 39.7 Å². The second-order valence-corrected chi connectivity index (χ2v) is 6.25. The molecule has 2 aromatic rings. The molecular formula is C19H24BrNO3. The predicted octanol–water partition coefficient (Wildman–Crippen LogP) is 4.54. The average molecular weight is 394 g/mol. The molecule has 24 heavy (non-hydrogen) atoms. The van der Waals surface area contributed by atoms with Gasteiger partial charge < -0.3 is 19.5 Å². The first-order valence-electron chi connectivity index (χ1n) is 8.00. The summed E-state index contributed by atoms with van der Waals surface area (Å²) in [5.41, 5.74) is 2.34. The molecule has 4 nitrogen and oxygen atoms in total. The first-order valence-corrected chi connectivity index (χ1v) is 8.80. The van der Waals surface area contributed by atoms with Gasteiger partial charge in [0, 0.05) is 17.6 Å². The van der Waals surface area contributed by atoms with Crippen molar-refractivity contribution in [3.8, 4) is 17.2 Å². The number of hydrogen-bond donors (Lipinski definition) is 1. The normalized spacial score (nSPS) is 10.5. The summed E-state index contributed by atoms with van der Waals surface area (Å²) in [4.78, 5) is 0. The third kappa shape index (κ3) is 5.14. The van der Waals surface area contributed by atoms with Gasteiger partial charge in [-0.25, -0.2) is 0 Å². The van der Waals surface area contributed by atoms with Crippen molar-refractivity contribution in [3.63, 3.8) is 0 Å². The lowest BCUT2D eigenvalue weighted by molar-refractivity contribution is 0.294. The minimum Gasteiger partial charge on any atom is -0.497 e.